The first-order valence-electron chi connectivity index (χ1n) is 12.1. The van der Waals surface area contributed by atoms with Crippen molar-refractivity contribution in [2.24, 2.45) is 17.8 Å². The summed E-state index contributed by atoms with van der Waals surface area (Å²) in [5.41, 5.74) is 3.67. The standard InChI is InChI=1S/C30H25NO6/c1-16-8-13-19-21-15-20(17-9-11-18(35-2)12-10-17)25-27(26(21)30(34)37-24(19)14-16)29(33)31(28(25)32)22-6-4-5-7-23(22)36-3/h4-15,20,25-27H,1-3H3/t20-,25+,26-,27-/m0/s1. The van der Waals surface area contributed by atoms with E-state index in [2.05, 4.69) is 0 Å². The highest BCUT2D eigenvalue weighted by atomic mass is 16.5. The topological polar surface area (TPSA) is 82.1 Å². The highest BCUT2D eigenvalue weighted by Crippen LogP contribution is 2.55. The molecule has 2 aliphatic heterocycles. The van der Waals surface area contributed by atoms with Gasteiger partial charge < -0.3 is 14.2 Å². The molecule has 3 aromatic carbocycles. The lowest BCUT2D eigenvalue weighted by Gasteiger charge is -2.38. The Labute approximate surface area is 214 Å². The van der Waals surface area contributed by atoms with Crippen LogP contribution in [0.4, 0.5) is 5.69 Å². The molecule has 4 atom stereocenters. The molecule has 0 N–H and O–H groups in total. The lowest BCUT2D eigenvalue weighted by molar-refractivity contribution is -0.142. The summed E-state index contributed by atoms with van der Waals surface area (Å²) in [7, 11) is 3.09. The lowest BCUT2D eigenvalue weighted by atomic mass is 9.64. The largest absolute Gasteiger partial charge is 0.497 e. The van der Waals surface area contributed by atoms with Gasteiger partial charge in [-0.25, -0.2) is 4.90 Å². The Balaban J connectivity index is 1.55. The summed E-state index contributed by atoms with van der Waals surface area (Å²) in [6.07, 6.45) is 1.97. The molecule has 6 rings (SSSR count). The number of carbonyl (C=O) groups is 3. The lowest BCUT2D eigenvalue weighted by Crippen LogP contribution is -2.42. The molecule has 37 heavy (non-hydrogen) atoms. The van der Waals surface area contributed by atoms with E-state index in [-0.39, 0.29) is 5.91 Å². The Morgan fingerprint density at radius 3 is 2.30 bits per heavy atom. The number of methoxy groups -OCH3 is 2. The minimum absolute atomic E-state index is 0.363. The number of allylic oxidation sites excluding steroid dienone is 1. The van der Waals surface area contributed by atoms with Crippen LogP contribution in [0.5, 0.6) is 17.2 Å². The maximum absolute atomic E-state index is 14.1. The van der Waals surface area contributed by atoms with Gasteiger partial charge in [0.2, 0.25) is 11.8 Å². The van der Waals surface area contributed by atoms with Crippen molar-refractivity contribution in [1.29, 1.82) is 0 Å². The number of rotatable bonds is 4. The predicted octanol–water partition coefficient (Wildman–Crippen LogP) is 4.53. The molecule has 7 nitrogen and oxygen atoms in total. The molecule has 3 aliphatic rings. The fraction of sp³-hybridized carbons (Fsp3) is 0.233. The van der Waals surface area contributed by atoms with Crippen LogP contribution < -0.4 is 19.1 Å². The van der Waals surface area contributed by atoms with Gasteiger partial charge in [-0.2, -0.15) is 0 Å². The first kappa shape index (κ1) is 23.0. The van der Waals surface area contributed by atoms with E-state index in [0.717, 1.165) is 22.3 Å². The van der Waals surface area contributed by atoms with Crippen LogP contribution in [0.1, 0.15) is 22.6 Å². The van der Waals surface area contributed by atoms with Crippen LogP contribution in [-0.4, -0.2) is 32.0 Å². The molecule has 3 aromatic rings. The quantitative estimate of drug-likeness (QED) is 0.300. The molecule has 0 spiro atoms. The van der Waals surface area contributed by atoms with Gasteiger partial charge in [0.05, 0.1) is 37.7 Å². The number of para-hydroxylation sites is 2. The van der Waals surface area contributed by atoms with E-state index in [4.69, 9.17) is 14.2 Å². The molecule has 7 heteroatoms. The van der Waals surface area contributed by atoms with Crippen molar-refractivity contribution < 1.29 is 28.6 Å². The van der Waals surface area contributed by atoms with Gasteiger partial charge >= 0.3 is 5.97 Å². The summed E-state index contributed by atoms with van der Waals surface area (Å²) < 4.78 is 16.5. The van der Waals surface area contributed by atoms with Gasteiger partial charge in [-0.05, 0) is 54.0 Å². The number of benzene rings is 3. The molecule has 1 fully saturated rings. The van der Waals surface area contributed by atoms with Crippen LogP contribution in [0.3, 0.4) is 0 Å². The summed E-state index contributed by atoms with van der Waals surface area (Å²) >= 11 is 0. The van der Waals surface area contributed by atoms with Gasteiger partial charge in [0.1, 0.15) is 17.2 Å². The zero-order valence-corrected chi connectivity index (χ0v) is 20.6. The molecular formula is C30H25NO6. The van der Waals surface area contributed by atoms with Gasteiger partial charge in [-0.15, -0.1) is 0 Å². The fourth-order valence-corrected chi connectivity index (χ4v) is 5.87. The van der Waals surface area contributed by atoms with E-state index in [1.807, 2.05) is 55.5 Å². The van der Waals surface area contributed by atoms with Gasteiger partial charge in [-0.1, -0.05) is 42.5 Å². The number of hydrogen-bond acceptors (Lipinski definition) is 6. The zero-order chi connectivity index (χ0) is 25.8. The Bertz CT molecular complexity index is 1470. The van der Waals surface area contributed by atoms with Crippen molar-refractivity contribution in [3.63, 3.8) is 0 Å². The van der Waals surface area contributed by atoms with Gasteiger partial charge in [0.25, 0.3) is 0 Å². The predicted molar refractivity (Wildman–Crippen MR) is 136 cm³/mol. The molecular weight excluding hydrogens is 470 g/mol. The SMILES string of the molecule is COc1ccc([C@@H]2C=C3c4ccc(C)cc4OC(=O)[C@@H]3[C@H]3C(=O)N(c4ccccc4OC)C(=O)[C@@H]32)cc1. The Kier molecular flexibility index (Phi) is 5.37. The molecule has 1 saturated heterocycles. The van der Waals surface area contributed by atoms with E-state index in [9.17, 15) is 14.4 Å². The molecule has 0 unspecified atom stereocenters. The second-order valence-corrected chi connectivity index (χ2v) is 9.55. The monoisotopic (exact) mass is 495 g/mol. The first-order chi connectivity index (χ1) is 17.9. The smallest absolute Gasteiger partial charge is 0.319 e. The van der Waals surface area contributed by atoms with Crippen LogP contribution in [0.2, 0.25) is 0 Å². The van der Waals surface area contributed by atoms with Crippen molar-refractivity contribution in [1.82, 2.24) is 0 Å². The van der Waals surface area contributed by atoms with Crippen LogP contribution in [-0.2, 0) is 14.4 Å². The number of esters is 1. The number of carbonyl (C=O) groups excluding carboxylic acids is 3. The minimum Gasteiger partial charge on any atom is -0.497 e. The highest BCUT2D eigenvalue weighted by Gasteiger charge is 2.60. The Hall–Kier alpha value is -4.39. The molecule has 0 radical (unpaired) electrons. The molecule has 0 aromatic heterocycles. The Morgan fingerprint density at radius 1 is 0.838 bits per heavy atom. The average Bonchev–Trinajstić information content (AvgIpc) is 3.17. The number of hydrogen-bond donors (Lipinski definition) is 0. The molecule has 2 heterocycles. The van der Waals surface area contributed by atoms with E-state index in [0.29, 0.717) is 22.9 Å². The minimum atomic E-state index is -0.911. The number of imide groups is 1. The van der Waals surface area contributed by atoms with Gasteiger partial charge in [0, 0.05) is 11.5 Å². The van der Waals surface area contributed by atoms with Gasteiger partial charge in [0.15, 0.2) is 0 Å². The first-order valence-corrected chi connectivity index (χ1v) is 12.1. The second-order valence-electron chi connectivity index (χ2n) is 9.55. The number of fused-ring (bicyclic) bond motifs is 5. The van der Waals surface area contributed by atoms with Crippen LogP contribution in [0.25, 0.3) is 5.57 Å². The van der Waals surface area contributed by atoms with E-state index >= 15 is 0 Å². The number of ether oxygens (including phenoxy) is 3. The third-order valence-corrected chi connectivity index (χ3v) is 7.58. The number of amides is 2. The zero-order valence-electron chi connectivity index (χ0n) is 20.6. The summed E-state index contributed by atoms with van der Waals surface area (Å²) in [4.78, 5) is 42.7. The van der Waals surface area contributed by atoms with Crippen molar-refractivity contribution in [2.75, 3.05) is 19.1 Å². The fourth-order valence-electron chi connectivity index (χ4n) is 5.87. The number of aryl methyl sites for hydroxylation is 1. The third-order valence-electron chi connectivity index (χ3n) is 7.58. The molecule has 2 amide bonds. The summed E-state index contributed by atoms with van der Waals surface area (Å²) in [6, 6.07) is 20.1. The van der Waals surface area contributed by atoms with E-state index in [1.54, 1.807) is 31.4 Å². The van der Waals surface area contributed by atoms with Crippen molar-refractivity contribution in [2.45, 2.75) is 12.8 Å². The normalized spacial score (nSPS) is 24.0. The molecule has 0 bridgehead atoms. The second kappa shape index (κ2) is 8.62. The summed E-state index contributed by atoms with van der Waals surface area (Å²) in [5.74, 6) is -2.75. The summed E-state index contributed by atoms with van der Waals surface area (Å²) in [6.45, 7) is 1.93. The van der Waals surface area contributed by atoms with Crippen molar-refractivity contribution >= 4 is 29.0 Å². The van der Waals surface area contributed by atoms with Crippen molar-refractivity contribution in [3.8, 4) is 17.2 Å². The molecule has 0 saturated carbocycles. The van der Waals surface area contributed by atoms with Crippen LogP contribution >= 0.6 is 0 Å². The van der Waals surface area contributed by atoms with Gasteiger partial charge in [-0.3, -0.25) is 14.4 Å². The van der Waals surface area contributed by atoms with Crippen molar-refractivity contribution in [3.05, 3.63) is 89.5 Å². The van der Waals surface area contributed by atoms with E-state index in [1.165, 1.54) is 12.0 Å². The maximum Gasteiger partial charge on any atom is 0.319 e. The van der Waals surface area contributed by atoms with E-state index < -0.39 is 35.5 Å². The number of nitrogens with zero attached hydrogens (tertiary/aromatic N) is 1. The average molecular weight is 496 g/mol. The third kappa shape index (κ3) is 3.45. The molecule has 1 aliphatic carbocycles. The summed E-state index contributed by atoms with van der Waals surface area (Å²) in [5, 5.41) is 0. The Morgan fingerprint density at radius 2 is 1.57 bits per heavy atom. The molecule has 186 valence electrons. The van der Waals surface area contributed by atoms with Crippen LogP contribution in [0, 0.1) is 24.7 Å². The maximum atomic E-state index is 14.1. The van der Waals surface area contributed by atoms with Crippen LogP contribution in [0.15, 0.2) is 72.8 Å². The number of anilines is 1. The highest BCUT2D eigenvalue weighted by molar-refractivity contribution is 6.25.